The molecule has 176 valence electrons. The van der Waals surface area contributed by atoms with E-state index in [4.69, 9.17) is 14.7 Å². The van der Waals surface area contributed by atoms with Gasteiger partial charge in [-0.15, -0.1) is 11.3 Å². The standard InChI is InChI=1S/C27H29FN4OS/c1-18-19(2)34-27-25(18)26(29-24(30-27)15-20-7-5-4-6-8-20)32-13-11-31(12-14-32)17-21-16-22(28)9-10-23(21)33-3/h4-10,16H,11-15,17H2,1-3H3. The Bertz CT molecular complexity index is 1300. The fourth-order valence-electron chi connectivity index (χ4n) is 4.59. The first-order valence-electron chi connectivity index (χ1n) is 11.6. The van der Waals surface area contributed by atoms with Crippen molar-refractivity contribution < 1.29 is 9.13 Å². The molecule has 0 radical (unpaired) electrons. The van der Waals surface area contributed by atoms with Crippen LogP contribution in [0.15, 0.2) is 48.5 Å². The van der Waals surface area contributed by atoms with Crippen LogP contribution in [0.5, 0.6) is 5.75 Å². The Labute approximate surface area is 203 Å². The van der Waals surface area contributed by atoms with E-state index in [1.54, 1.807) is 30.6 Å². The van der Waals surface area contributed by atoms with Gasteiger partial charge in [-0.3, -0.25) is 4.90 Å². The first kappa shape index (κ1) is 22.7. The molecule has 0 spiro atoms. The maximum atomic E-state index is 13.8. The second-order valence-corrected chi connectivity index (χ2v) is 10.0. The maximum absolute atomic E-state index is 13.8. The van der Waals surface area contributed by atoms with Crippen molar-refractivity contribution in [2.45, 2.75) is 26.8 Å². The summed E-state index contributed by atoms with van der Waals surface area (Å²) in [6, 6.07) is 15.1. The summed E-state index contributed by atoms with van der Waals surface area (Å²) < 4.78 is 19.2. The maximum Gasteiger partial charge on any atom is 0.141 e. The van der Waals surface area contributed by atoms with Crippen molar-refractivity contribution in [3.05, 3.63) is 81.7 Å². The molecule has 5 rings (SSSR count). The van der Waals surface area contributed by atoms with E-state index in [9.17, 15) is 4.39 Å². The Morgan fingerprint density at radius 3 is 2.50 bits per heavy atom. The van der Waals surface area contributed by atoms with Crippen molar-refractivity contribution >= 4 is 27.4 Å². The number of ether oxygens (including phenoxy) is 1. The van der Waals surface area contributed by atoms with E-state index in [1.807, 2.05) is 6.07 Å². The van der Waals surface area contributed by atoms with Crippen molar-refractivity contribution in [1.82, 2.24) is 14.9 Å². The highest BCUT2D eigenvalue weighted by Gasteiger charge is 2.24. The predicted octanol–water partition coefficient (Wildman–Crippen LogP) is 5.37. The molecule has 0 unspecified atom stereocenters. The summed E-state index contributed by atoms with van der Waals surface area (Å²) in [5.41, 5.74) is 3.37. The zero-order valence-corrected chi connectivity index (χ0v) is 20.7. The summed E-state index contributed by atoms with van der Waals surface area (Å²) in [6.07, 6.45) is 0.721. The molecule has 0 aliphatic carbocycles. The zero-order chi connectivity index (χ0) is 23.7. The second-order valence-electron chi connectivity index (χ2n) is 8.81. The first-order chi connectivity index (χ1) is 16.5. The lowest BCUT2D eigenvalue weighted by Crippen LogP contribution is -2.46. The summed E-state index contributed by atoms with van der Waals surface area (Å²) in [5, 5.41) is 1.18. The quantitative estimate of drug-likeness (QED) is 0.374. The van der Waals surface area contributed by atoms with Gasteiger partial charge in [-0.25, -0.2) is 14.4 Å². The summed E-state index contributed by atoms with van der Waals surface area (Å²) in [7, 11) is 1.63. The van der Waals surface area contributed by atoms with Crippen LogP contribution in [-0.4, -0.2) is 48.2 Å². The molecule has 5 nitrogen and oxygen atoms in total. The number of nitrogens with zero attached hydrogens (tertiary/aromatic N) is 4. The number of thiophene rings is 1. The molecule has 1 aliphatic heterocycles. The Kier molecular flexibility index (Phi) is 6.48. The van der Waals surface area contributed by atoms with Crippen LogP contribution in [0.3, 0.4) is 0 Å². The molecule has 0 bridgehead atoms. The number of halogens is 1. The average Bonchev–Trinajstić information content (AvgIpc) is 3.13. The van der Waals surface area contributed by atoms with Crippen LogP contribution < -0.4 is 9.64 Å². The lowest BCUT2D eigenvalue weighted by Gasteiger charge is -2.36. The van der Waals surface area contributed by atoms with Gasteiger partial charge < -0.3 is 9.64 Å². The van der Waals surface area contributed by atoms with Gasteiger partial charge in [0.05, 0.1) is 12.5 Å². The molecule has 2 aromatic heterocycles. The average molecular weight is 477 g/mol. The summed E-state index contributed by atoms with van der Waals surface area (Å²) in [5.74, 6) is 2.41. The van der Waals surface area contributed by atoms with E-state index in [0.29, 0.717) is 6.54 Å². The van der Waals surface area contributed by atoms with E-state index in [2.05, 4.69) is 47.9 Å². The van der Waals surface area contributed by atoms with Crippen LogP contribution in [0.1, 0.15) is 27.4 Å². The van der Waals surface area contributed by atoms with Gasteiger partial charge in [-0.05, 0) is 43.2 Å². The number of rotatable bonds is 6. The minimum Gasteiger partial charge on any atom is -0.496 e. The SMILES string of the molecule is COc1ccc(F)cc1CN1CCN(c2nc(Cc3ccccc3)nc3sc(C)c(C)c23)CC1. The monoisotopic (exact) mass is 476 g/mol. The molecule has 0 amide bonds. The highest BCUT2D eigenvalue weighted by atomic mass is 32.1. The predicted molar refractivity (Wildman–Crippen MR) is 137 cm³/mol. The third-order valence-electron chi connectivity index (χ3n) is 6.57. The van der Waals surface area contributed by atoms with Crippen molar-refractivity contribution in [2.75, 3.05) is 38.2 Å². The molecule has 1 saturated heterocycles. The van der Waals surface area contributed by atoms with E-state index < -0.39 is 0 Å². The molecular weight excluding hydrogens is 447 g/mol. The number of anilines is 1. The van der Waals surface area contributed by atoms with Crippen molar-refractivity contribution in [3.8, 4) is 5.75 Å². The normalized spacial score (nSPS) is 14.6. The van der Waals surface area contributed by atoms with E-state index in [1.165, 1.54) is 27.5 Å². The van der Waals surface area contributed by atoms with Gasteiger partial charge in [-0.2, -0.15) is 0 Å². The van der Waals surface area contributed by atoms with E-state index >= 15 is 0 Å². The lowest BCUT2D eigenvalue weighted by molar-refractivity contribution is 0.245. The van der Waals surface area contributed by atoms with Gasteiger partial charge in [0, 0.05) is 49.6 Å². The van der Waals surface area contributed by atoms with Crippen molar-refractivity contribution in [1.29, 1.82) is 0 Å². The summed E-state index contributed by atoms with van der Waals surface area (Å²) >= 11 is 1.75. The van der Waals surface area contributed by atoms with Crippen LogP contribution in [0.4, 0.5) is 10.2 Å². The van der Waals surface area contributed by atoms with Gasteiger partial charge in [-0.1, -0.05) is 30.3 Å². The highest BCUT2D eigenvalue weighted by molar-refractivity contribution is 7.18. The largest absolute Gasteiger partial charge is 0.496 e. The highest BCUT2D eigenvalue weighted by Crippen LogP contribution is 2.36. The second kappa shape index (κ2) is 9.68. The number of aryl methyl sites for hydroxylation is 2. The van der Waals surface area contributed by atoms with Crippen LogP contribution >= 0.6 is 11.3 Å². The minimum absolute atomic E-state index is 0.230. The molecule has 4 aromatic rings. The molecule has 3 heterocycles. The Morgan fingerprint density at radius 2 is 1.76 bits per heavy atom. The van der Waals surface area contributed by atoms with E-state index in [0.717, 1.165) is 60.4 Å². The molecule has 0 saturated carbocycles. The summed E-state index contributed by atoms with van der Waals surface area (Å²) in [6.45, 7) is 8.48. The number of hydrogen-bond acceptors (Lipinski definition) is 6. The van der Waals surface area contributed by atoms with Crippen molar-refractivity contribution in [2.24, 2.45) is 0 Å². The van der Waals surface area contributed by atoms with Crippen LogP contribution in [0.25, 0.3) is 10.2 Å². The third-order valence-corrected chi connectivity index (χ3v) is 7.67. The number of fused-ring (bicyclic) bond motifs is 1. The third kappa shape index (κ3) is 4.63. The number of methoxy groups -OCH3 is 1. The molecule has 34 heavy (non-hydrogen) atoms. The molecule has 2 aromatic carbocycles. The number of benzene rings is 2. The van der Waals surface area contributed by atoms with Crippen LogP contribution in [0.2, 0.25) is 0 Å². The van der Waals surface area contributed by atoms with Gasteiger partial charge >= 0.3 is 0 Å². The van der Waals surface area contributed by atoms with Gasteiger partial charge in [0.1, 0.15) is 28.0 Å². The number of hydrogen-bond donors (Lipinski definition) is 0. The summed E-state index contributed by atoms with van der Waals surface area (Å²) in [4.78, 5) is 17.1. The van der Waals surface area contributed by atoms with Gasteiger partial charge in [0.15, 0.2) is 0 Å². The van der Waals surface area contributed by atoms with E-state index in [-0.39, 0.29) is 5.82 Å². The lowest BCUT2D eigenvalue weighted by atomic mass is 10.1. The van der Waals surface area contributed by atoms with Gasteiger partial charge in [0.25, 0.3) is 0 Å². The Hall–Kier alpha value is -3.03. The minimum atomic E-state index is -0.230. The number of aromatic nitrogens is 2. The fraction of sp³-hybridized carbons (Fsp3) is 0.333. The topological polar surface area (TPSA) is 41.5 Å². The molecule has 7 heteroatoms. The smallest absolute Gasteiger partial charge is 0.141 e. The number of piperazine rings is 1. The van der Waals surface area contributed by atoms with Gasteiger partial charge in [0.2, 0.25) is 0 Å². The molecule has 0 atom stereocenters. The van der Waals surface area contributed by atoms with Crippen LogP contribution in [-0.2, 0) is 13.0 Å². The zero-order valence-electron chi connectivity index (χ0n) is 19.8. The van der Waals surface area contributed by atoms with Crippen LogP contribution in [0, 0.1) is 19.7 Å². The Morgan fingerprint density at radius 1 is 1.00 bits per heavy atom. The molecule has 1 fully saturated rings. The molecular formula is C27H29FN4OS. The van der Waals surface area contributed by atoms with Crippen molar-refractivity contribution in [3.63, 3.8) is 0 Å². The molecule has 1 aliphatic rings. The first-order valence-corrected chi connectivity index (χ1v) is 12.4. The molecule has 0 N–H and O–H groups in total. The Balaban J connectivity index is 1.38. The fourth-order valence-corrected chi connectivity index (χ4v) is 5.63.